The maximum Gasteiger partial charge on any atom is 0.472 e. The standard InChI is InChI=1S/C46H80O16P2/c1-3-5-7-8-9-10-11-12-13-14-15-16-17-18-19-20-25-29-45(51)58-36-40(37-61-64(56,57)60-35-39(48)34-59-63(53,54)55)62-46(52)30-26-22-21-24-28-41-42(44(50)33-43(41)49)32-31-38(47)27-23-6-4-2/h9-10,12-13,15-16,21,24,31-32,38-44,47-50H,3-8,11,14,17-20,22-23,25-30,33-37H2,1-2H3,(H,56,57)(H2,53,54,55)/b10-9-,13-12-,16-15-,24-21+,32-31+/t38-,39-,40+,41+,42+,43-,44+/m0/s1. The molecule has 0 amide bonds. The van der Waals surface area contributed by atoms with E-state index in [1.807, 2.05) is 12.2 Å². The first-order valence-corrected chi connectivity index (χ1v) is 26.3. The van der Waals surface area contributed by atoms with Crippen molar-refractivity contribution < 1.29 is 76.9 Å². The van der Waals surface area contributed by atoms with E-state index >= 15 is 0 Å². The van der Waals surface area contributed by atoms with Crippen molar-refractivity contribution in [2.45, 2.75) is 179 Å². The summed E-state index contributed by atoms with van der Waals surface area (Å²) in [5, 5.41) is 41.1. The zero-order valence-corrected chi connectivity index (χ0v) is 40.0. The number of phosphoric acid groups is 2. The fourth-order valence-corrected chi connectivity index (χ4v) is 7.97. The van der Waals surface area contributed by atoms with Crippen LogP contribution >= 0.6 is 15.6 Å². The molecule has 0 aromatic rings. The van der Waals surface area contributed by atoms with Gasteiger partial charge in [0.15, 0.2) is 6.10 Å². The molecule has 1 unspecified atom stereocenters. The third-order valence-corrected chi connectivity index (χ3v) is 11.9. The molecule has 8 atom stereocenters. The first-order chi connectivity index (χ1) is 30.6. The van der Waals surface area contributed by atoms with Crippen molar-refractivity contribution in [1.29, 1.82) is 0 Å². The molecule has 0 aromatic carbocycles. The predicted octanol–water partition coefficient (Wildman–Crippen LogP) is 8.39. The molecule has 0 aliphatic heterocycles. The van der Waals surface area contributed by atoms with Crippen molar-refractivity contribution >= 4 is 27.6 Å². The highest BCUT2D eigenvalue weighted by Crippen LogP contribution is 2.44. The number of hydrogen-bond donors (Lipinski definition) is 7. The lowest BCUT2D eigenvalue weighted by atomic mass is 9.89. The molecule has 1 saturated carbocycles. The van der Waals surface area contributed by atoms with Crippen LogP contribution in [0.5, 0.6) is 0 Å². The fraction of sp³-hybridized carbons (Fsp3) is 0.739. The Morgan fingerprint density at radius 1 is 0.641 bits per heavy atom. The zero-order valence-electron chi connectivity index (χ0n) is 38.2. The van der Waals surface area contributed by atoms with Gasteiger partial charge in [0.1, 0.15) is 12.7 Å². The van der Waals surface area contributed by atoms with E-state index in [2.05, 4.69) is 59.4 Å². The van der Waals surface area contributed by atoms with Crippen molar-refractivity contribution in [3.05, 3.63) is 60.8 Å². The maximum absolute atomic E-state index is 12.8. The molecule has 64 heavy (non-hydrogen) atoms. The monoisotopic (exact) mass is 950 g/mol. The van der Waals surface area contributed by atoms with Crippen LogP contribution in [0.4, 0.5) is 0 Å². The quantitative estimate of drug-likeness (QED) is 0.0132. The summed E-state index contributed by atoms with van der Waals surface area (Å²) in [6, 6.07) is 0. The van der Waals surface area contributed by atoms with Gasteiger partial charge in [-0.2, -0.15) is 0 Å². The molecule has 0 radical (unpaired) electrons. The van der Waals surface area contributed by atoms with Gasteiger partial charge in [-0.3, -0.25) is 23.2 Å². The molecule has 1 fully saturated rings. The topological polar surface area (TPSA) is 256 Å². The van der Waals surface area contributed by atoms with Crippen LogP contribution in [-0.2, 0) is 41.8 Å². The van der Waals surface area contributed by atoms with Crippen LogP contribution in [0, 0.1) is 11.8 Å². The molecule has 1 aliphatic rings. The first-order valence-electron chi connectivity index (χ1n) is 23.2. The van der Waals surface area contributed by atoms with E-state index < -0.39 is 84.5 Å². The highest BCUT2D eigenvalue weighted by atomic mass is 31.2. The number of hydrogen-bond acceptors (Lipinski definition) is 13. The molecule has 0 saturated heterocycles. The van der Waals surface area contributed by atoms with Crippen molar-refractivity contribution in [2.24, 2.45) is 11.8 Å². The molecule has 0 heterocycles. The lowest BCUT2D eigenvalue weighted by Crippen LogP contribution is -2.29. The van der Waals surface area contributed by atoms with Crippen LogP contribution in [0.25, 0.3) is 0 Å². The van der Waals surface area contributed by atoms with Crippen molar-refractivity contribution in [2.75, 3.05) is 26.4 Å². The Balaban J connectivity index is 2.58. The van der Waals surface area contributed by atoms with Gasteiger partial charge in [0.25, 0.3) is 0 Å². The van der Waals surface area contributed by atoms with Gasteiger partial charge in [-0.15, -0.1) is 0 Å². The highest BCUT2D eigenvalue weighted by Gasteiger charge is 2.39. The average Bonchev–Trinajstić information content (AvgIpc) is 3.51. The van der Waals surface area contributed by atoms with Crippen LogP contribution in [0.3, 0.4) is 0 Å². The summed E-state index contributed by atoms with van der Waals surface area (Å²) in [5.41, 5.74) is 0. The van der Waals surface area contributed by atoms with Gasteiger partial charge in [0.2, 0.25) is 0 Å². The Morgan fingerprint density at radius 2 is 1.20 bits per heavy atom. The van der Waals surface area contributed by atoms with Gasteiger partial charge in [0.05, 0.1) is 38.1 Å². The number of ether oxygens (including phenoxy) is 2. The van der Waals surface area contributed by atoms with E-state index in [1.165, 1.54) is 19.3 Å². The number of aliphatic hydroxyl groups is 4. The minimum absolute atomic E-state index is 0.0530. The van der Waals surface area contributed by atoms with Gasteiger partial charge in [-0.25, -0.2) is 9.13 Å². The smallest absolute Gasteiger partial charge is 0.462 e. The van der Waals surface area contributed by atoms with Gasteiger partial charge in [0, 0.05) is 25.2 Å². The molecule has 18 heteroatoms. The number of allylic oxidation sites excluding steroid dienone is 8. The number of carbonyl (C=O) groups is 2. The van der Waals surface area contributed by atoms with Crippen LogP contribution in [0.2, 0.25) is 0 Å². The summed E-state index contributed by atoms with van der Waals surface area (Å²) in [7, 11) is -9.79. The SMILES string of the molecule is CCCCC/C=C\C/C=C\C/C=C\CCCCCCC(=O)OC[C@H](COP(=O)(O)OC[C@@H](O)COP(=O)(O)O)OC(=O)CCC/C=C/C[C@@H]1[C@@H](/C=C/[C@@H](O)CCCCC)[C@H](O)C[C@@H]1O. The maximum atomic E-state index is 12.8. The van der Waals surface area contributed by atoms with Gasteiger partial charge in [-0.1, -0.05) is 120 Å². The fourth-order valence-electron chi connectivity index (χ4n) is 6.82. The minimum atomic E-state index is -4.90. The summed E-state index contributed by atoms with van der Waals surface area (Å²) in [6.45, 7) is 1.32. The second-order valence-corrected chi connectivity index (χ2v) is 19.0. The third-order valence-electron chi connectivity index (χ3n) is 10.4. The second kappa shape index (κ2) is 36.8. The van der Waals surface area contributed by atoms with Crippen LogP contribution < -0.4 is 0 Å². The third kappa shape index (κ3) is 33.2. The van der Waals surface area contributed by atoms with E-state index in [0.717, 1.165) is 64.2 Å². The number of aliphatic hydroxyl groups excluding tert-OH is 4. The highest BCUT2D eigenvalue weighted by molar-refractivity contribution is 7.47. The summed E-state index contributed by atoms with van der Waals surface area (Å²) in [6.07, 6.45) is 31.6. The Kier molecular flexibility index (Phi) is 34.3. The average molecular weight is 951 g/mol. The zero-order chi connectivity index (χ0) is 47.5. The summed E-state index contributed by atoms with van der Waals surface area (Å²) in [5.74, 6) is -1.77. The summed E-state index contributed by atoms with van der Waals surface area (Å²) < 4.78 is 47.8. The van der Waals surface area contributed by atoms with E-state index in [0.29, 0.717) is 32.1 Å². The first kappa shape index (κ1) is 59.7. The Bertz CT molecular complexity index is 1480. The van der Waals surface area contributed by atoms with Crippen molar-refractivity contribution in [3.63, 3.8) is 0 Å². The molecule has 7 N–H and O–H groups in total. The van der Waals surface area contributed by atoms with Crippen molar-refractivity contribution in [1.82, 2.24) is 0 Å². The molecule has 370 valence electrons. The molecule has 0 bridgehead atoms. The number of carbonyl (C=O) groups excluding carboxylic acids is 2. The summed E-state index contributed by atoms with van der Waals surface area (Å²) >= 11 is 0. The number of rotatable bonds is 39. The molecular formula is C46H80O16P2. The molecule has 0 aromatic heterocycles. The van der Waals surface area contributed by atoms with Crippen molar-refractivity contribution in [3.8, 4) is 0 Å². The Labute approximate surface area is 381 Å². The molecule has 1 aliphatic carbocycles. The lowest BCUT2D eigenvalue weighted by Gasteiger charge is -2.20. The Morgan fingerprint density at radius 3 is 1.88 bits per heavy atom. The normalized spacial score (nSPS) is 20.8. The summed E-state index contributed by atoms with van der Waals surface area (Å²) in [4.78, 5) is 53.0. The number of esters is 2. The molecule has 16 nitrogen and oxygen atoms in total. The van der Waals surface area contributed by atoms with Crippen LogP contribution in [0.15, 0.2) is 60.8 Å². The van der Waals surface area contributed by atoms with E-state index in [1.54, 1.807) is 12.2 Å². The van der Waals surface area contributed by atoms with Gasteiger partial charge in [-0.05, 0) is 76.5 Å². The lowest BCUT2D eigenvalue weighted by molar-refractivity contribution is -0.161. The minimum Gasteiger partial charge on any atom is -0.462 e. The number of unbranched alkanes of at least 4 members (excludes halogenated alkanes) is 10. The van der Waals surface area contributed by atoms with Gasteiger partial charge < -0.3 is 44.6 Å². The van der Waals surface area contributed by atoms with Crippen LogP contribution in [-0.4, -0.2) is 104 Å². The largest absolute Gasteiger partial charge is 0.472 e. The molecular weight excluding hydrogens is 870 g/mol. The molecule has 0 spiro atoms. The molecule has 1 rings (SSSR count). The Hall–Kier alpha value is -2.30. The second-order valence-electron chi connectivity index (χ2n) is 16.3. The predicted molar refractivity (Wildman–Crippen MR) is 246 cm³/mol. The van der Waals surface area contributed by atoms with E-state index in [9.17, 15) is 44.0 Å². The van der Waals surface area contributed by atoms with Gasteiger partial charge >= 0.3 is 27.6 Å². The van der Waals surface area contributed by atoms with E-state index in [-0.39, 0.29) is 31.1 Å². The van der Waals surface area contributed by atoms with Crippen LogP contribution in [0.1, 0.15) is 149 Å². The van der Waals surface area contributed by atoms with E-state index in [4.69, 9.17) is 23.8 Å². The number of phosphoric ester groups is 2.